The van der Waals surface area contributed by atoms with Gasteiger partial charge in [-0.05, 0) is 27.7 Å². The first-order chi connectivity index (χ1) is 10.4. The molecule has 0 atom stereocenters. The lowest BCUT2D eigenvalue weighted by atomic mass is 10.2. The number of aromatic nitrogens is 5. The third kappa shape index (κ3) is 3.93. The minimum Gasteiger partial charge on any atom is -0.352 e. The third-order valence-electron chi connectivity index (χ3n) is 2.86. The van der Waals surface area contributed by atoms with Crippen LogP contribution in [0.3, 0.4) is 0 Å². The molecule has 120 valence electrons. The highest BCUT2D eigenvalue weighted by Crippen LogP contribution is 2.17. The van der Waals surface area contributed by atoms with Crippen molar-refractivity contribution < 1.29 is 0 Å². The standard InChI is InChI=1S/C15H25N7/c1-9(2)12-16-7-8-22(12)15-20-13(17-10(3)4)19-14(21-15)18-11(5)6/h7-11H,1-6H3,(H2,17,18,19,20,21). The Morgan fingerprint density at radius 2 is 1.41 bits per heavy atom. The summed E-state index contributed by atoms with van der Waals surface area (Å²) < 4.78 is 1.91. The number of hydrogen-bond donors (Lipinski definition) is 2. The summed E-state index contributed by atoms with van der Waals surface area (Å²) in [5, 5.41) is 6.47. The molecule has 7 nitrogen and oxygen atoms in total. The normalized spacial score (nSPS) is 11.5. The fourth-order valence-electron chi connectivity index (χ4n) is 2.03. The number of nitrogens with zero attached hydrogens (tertiary/aromatic N) is 5. The Labute approximate surface area is 131 Å². The molecule has 2 aromatic heterocycles. The summed E-state index contributed by atoms with van der Waals surface area (Å²) in [6.07, 6.45) is 3.65. The molecule has 2 rings (SSSR count). The highest BCUT2D eigenvalue weighted by Gasteiger charge is 2.14. The molecular formula is C15H25N7. The van der Waals surface area contributed by atoms with Gasteiger partial charge in [-0.3, -0.25) is 4.57 Å². The molecule has 0 radical (unpaired) electrons. The van der Waals surface area contributed by atoms with Crippen LogP contribution in [0.1, 0.15) is 53.3 Å². The lowest BCUT2D eigenvalue weighted by molar-refractivity contribution is 0.726. The van der Waals surface area contributed by atoms with Crippen LogP contribution < -0.4 is 10.6 Å². The Hall–Kier alpha value is -2.18. The van der Waals surface area contributed by atoms with Gasteiger partial charge in [0, 0.05) is 30.4 Å². The number of nitrogens with one attached hydrogen (secondary N) is 2. The van der Waals surface area contributed by atoms with Gasteiger partial charge < -0.3 is 10.6 Å². The molecule has 0 aliphatic heterocycles. The monoisotopic (exact) mass is 303 g/mol. The van der Waals surface area contributed by atoms with Crippen molar-refractivity contribution in [3.8, 4) is 5.95 Å². The maximum absolute atomic E-state index is 4.52. The summed E-state index contributed by atoms with van der Waals surface area (Å²) in [7, 11) is 0. The van der Waals surface area contributed by atoms with Crippen LogP contribution in [0.4, 0.5) is 11.9 Å². The molecule has 0 unspecified atom stereocenters. The topological polar surface area (TPSA) is 80.5 Å². The van der Waals surface area contributed by atoms with Crippen LogP contribution in [0.2, 0.25) is 0 Å². The summed E-state index contributed by atoms with van der Waals surface area (Å²) in [6, 6.07) is 0.490. The molecule has 0 aliphatic rings. The molecule has 0 aliphatic carbocycles. The summed E-state index contributed by atoms with van der Waals surface area (Å²) >= 11 is 0. The quantitative estimate of drug-likeness (QED) is 0.854. The van der Waals surface area contributed by atoms with E-state index >= 15 is 0 Å². The first-order valence-corrected chi connectivity index (χ1v) is 7.69. The highest BCUT2D eigenvalue weighted by atomic mass is 15.3. The van der Waals surface area contributed by atoms with Crippen molar-refractivity contribution in [2.24, 2.45) is 0 Å². The first-order valence-electron chi connectivity index (χ1n) is 7.69. The molecular weight excluding hydrogens is 278 g/mol. The SMILES string of the molecule is CC(C)Nc1nc(NC(C)C)nc(-n2ccnc2C(C)C)n1. The van der Waals surface area contributed by atoms with Crippen molar-refractivity contribution in [1.29, 1.82) is 0 Å². The van der Waals surface area contributed by atoms with Crippen molar-refractivity contribution in [3.05, 3.63) is 18.2 Å². The van der Waals surface area contributed by atoms with Gasteiger partial charge in [0.1, 0.15) is 5.82 Å². The van der Waals surface area contributed by atoms with E-state index in [0.717, 1.165) is 5.82 Å². The second-order valence-electron chi connectivity index (χ2n) is 6.19. The molecule has 0 saturated carbocycles. The van der Waals surface area contributed by atoms with Crippen LogP contribution in [0.15, 0.2) is 12.4 Å². The van der Waals surface area contributed by atoms with Crippen molar-refractivity contribution in [1.82, 2.24) is 24.5 Å². The Bertz CT molecular complexity index is 588. The average Bonchev–Trinajstić information content (AvgIpc) is 2.85. The van der Waals surface area contributed by atoms with Crippen LogP contribution in [-0.4, -0.2) is 36.6 Å². The van der Waals surface area contributed by atoms with Gasteiger partial charge in [0.15, 0.2) is 0 Å². The molecule has 0 amide bonds. The van der Waals surface area contributed by atoms with E-state index in [1.165, 1.54) is 0 Å². The number of anilines is 2. The number of imidazole rings is 1. The molecule has 22 heavy (non-hydrogen) atoms. The van der Waals surface area contributed by atoms with Crippen LogP contribution in [0, 0.1) is 0 Å². The van der Waals surface area contributed by atoms with Gasteiger partial charge in [0.2, 0.25) is 17.8 Å². The van der Waals surface area contributed by atoms with Gasteiger partial charge in [0.05, 0.1) is 0 Å². The predicted octanol–water partition coefficient (Wildman–Crippen LogP) is 2.82. The fraction of sp³-hybridized carbons (Fsp3) is 0.600. The number of hydrogen-bond acceptors (Lipinski definition) is 6. The average molecular weight is 303 g/mol. The minimum absolute atomic E-state index is 0.245. The van der Waals surface area contributed by atoms with Gasteiger partial charge in [-0.2, -0.15) is 15.0 Å². The molecule has 7 heteroatoms. The smallest absolute Gasteiger partial charge is 0.241 e. The molecule has 0 aromatic carbocycles. The zero-order valence-electron chi connectivity index (χ0n) is 14.1. The maximum atomic E-state index is 4.52. The molecule has 2 heterocycles. The van der Waals surface area contributed by atoms with E-state index < -0.39 is 0 Å². The molecule has 0 fully saturated rings. The molecule has 0 saturated heterocycles. The van der Waals surface area contributed by atoms with Crippen LogP contribution in [0.5, 0.6) is 0 Å². The number of rotatable bonds is 6. The third-order valence-corrected chi connectivity index (χ3v) is 2.86. The van der Waals surface area contributed by atoms with E-state index in [1.807, 2.05) is 10.8 Å². The molecule has 2 aromatic rings. The summed E-state index contributed by atoms with van der Waals surface area (Å²) in [5.41, 5.74) is 0. The zero-order chi connectivity index (χ0) is 16.3. The summed E-state index contributed by atoms with van der Waals surface area (Å²) in [4.78, 5) is 17.8. The van der Waals surface area contributed by atoms with Gasteiger partial charge in [-0.25, -0.2) is 4.98 Å². The predicted molar refractivity (Wildman–Crippen MR) is 88.6 cm³/mol. The highest BCUT2D eigenvalue weighted by molar-refractivity contribution is 5.39. The van der Waals surface area contributed by atoms with Crippen molar-refractivity contribution >= 4 is 11.9 Å². The van der Waals surface area contributed by atoms with Gasteiger partial charge in [-0.15, -0.1) is 0 Å². The lowest BCUT2D eigenvalue weighted by Gasteiger charge is -2.15. The second kappa shape index (κ2) is 6.72. The Morgan fingerprint density at radius 3 is 1.86 bits per heavy atom. The van der Waals surface area contributed by atoms with Crippen molar-refractivity contribution in [2.75, 3.05) is 10.6 Å². The Balaban J connectivity index is 2.46. The maximum Gasteiger partial charge on any atom is 0.241 e. The van der Waals surface area contributed by atoms with Gasteiger partial charge in [-0.1, -0.05) is 13.8 Å². The second-order valence-corrected chi connectivity index (χ2v) is 6.19. The van der Waals surface area contributed by atoms with E-state index in [4.69, 9.17) is 0 Å². The van der Waals surface area contributed by atoms with Gasteiger partial charge in [0.25, 0.3) is 0 Å². The van der Waals surface area contributed by atoms with E-state index in [0.29, 0.717) is 17.8 Å². The zero-order valence-corrected chi connectivity index (χ0v) is 14.1. The van der Waals surface area contributed by atoms with Crippen molar-refractivity contribution in [2.45, 2.75) is 59.5 Å². The van der Waals surface area contributed by atoms with Crippen LogP contribution >= 0.6 is 0 Å². The van der Waals surface area contributed by atoms with E-state index in [2.05, 4.69) is 72.1 Å². The summed E-state index contributed by atoms with van der Waals surface area (Å²) in [5.74, 6) is 2.91. The largest absolute Gasteiger partial charge is 0.352 e. The van der Waals surface area contributed by atoms with Crippen LogP contribution in [0.25, 0.3) is 5.95 Å². The van der Waals surface area contributed by atoms with Crippen LogP contribution in [-0.2, 0) is 0 Å². The Morgan fingerprint density at radius 1 is 0.864 bits per heavy atom. The molecule has 0 spiro atoms. The molecule has 2 N–H and O–H groups in total. The van der Waals surface area contributed by atoms with E-state index in [-0.39, 0.29) is 18.0 Å². The van der Waals surface area contributed by atoms with Gasteiger partial charge >= 0.3 is 0 Å². The summed E-state index contributed by atoms with van der Waals surface area (Å²) in [6.45, 7) is 12.4. The minimum atomic E-state index is 0.245. The Kier molecular flexibility index (Phi) is 4.95. The van der Waals surface area contributed by atoms with Crippen molar-refractivity contribution in [3.63, 3.8) is 0 Å². The lowest BCUT2D eigenvalue weighted by Crippen LogP contribution is -2.19. The van der Waals surface area contributed by atoms with E-state index in [9.17, 15) is 0 Å². The first kappa shape index (κ1) is 16.2. The van der Waals surface area contributed by atoms with E-state index in [1.54, 1.807) is 6.20 Å². The fourth-order valence-corrected chi connectivity index (χ4v) is 2.03. The molecule has 0 bridgehead atoms.